The van der Waals surface area contributed by atoms with Crippen LogP contribution in [0.25, 0.3) is 0 Å². The van der Waals surface area contributed by atoms with Crippen molar-refractivity contribution >= 4 is 0 Å². The summed E-state index contributed by atoms with van der Waals surface area (Å²) in [4.78, 5) is 0. The molecule has 13 heavy (non-hydrogen) atoms. The third-order valence-electron chi connectivity index (χ3n) is 3.17. The molecular formula is C12H22O. The van der Waals surface area contributed by atoms with Crippen molar-refractivity contribution < 1.29 is 4.74 Å². The Morgan fingerprint density at radius 2 is 1.85 bits per heavy atom. The lowest BCUT2D eigenvalue weighted by atomic mass is 9.62. The largest absolute Gasteiger partial charge is 0.499 e. The maximum Gasteiger partial charge on any atom is 0.0988 e. The van der Waals surface area contributed by atoms with Crippen molar-refractivity contribution in [2.45, 2.75) is 58.5 Å². The van der Waals surface area contributed by atoms with E-state index in [0.717, 1.165) is 0 Å². The van der Waals surface area contributed by atoms with Gasteiger partial charge in [0, 0.05) is 0 Å². The van der Waals surface area contributed by atoms with Crippen LogP contribution in [0.2, 0.25) is 0 Å². The Labute approximate surface area is 82.2 Å². The summed E-state index contributed by atoms with van der Waals surface area (Å²) in [6, 6.07) is 0. The van der Waals surface area contributed by atoms with E-state index < -0.39 is 0 Å². The second-order valence-corrected chi connectivity index (χ2v) is 4.33. The Balaban J connectivity index is 2.33. The van der Waals surface area contributed by atoms with Gasteiger partial charge in [-0.3, -0.25) is 0 Å². The molecule has 0 heterocycles. The maximum absolute atomic E-state index is 5.39. The van der Waals surface area contributed by atoms with Crippen molar-refractivity contribution in [2.24, 2.45) is 5.41 Å². The average Bonchev–Trinajstić information content (AvgIpc) is 2.03. The van der Waals surface area contributed by atoms with Crippen LogP contribution in [0.3, 0.4) is 0 Å². The molecule has 0 unspecified atom stereocenters. The summed E-state index contributed by atoms with van der Waals surface area (Å²) in [6.45, 7) is 8.15. The fraction of sp³-hybridized carbons (Fsp3) is 0.833. The normalized spacial score (nSPS) is 20.8. The Kier molecular flexibility index (Phi) is 3.83. The molecule has 1 aliphatic rings. The van der Waals surface area contributed by atoms with E-state index in [0.29, 0.717) is 11.5 Å². The fourth-order valence-corrected chi connectivity index (χ4v) is 2.73. The SMILES string of the molecule is C=COC1CC(CCC)(CCC)C1. The van der Waals surface area contributed by atoms with Crippen molar-refractivity contribution in [3.8, 4) is 0 Å². The standard InChI is InChI=1S/C12H22O/c1-4-7-12(8-5-2)9-11(10-12)13-6-3/h6,11H,3-5,7-10H2,1-2H3. The van der Waals surface area contributed by atoms with Crippen molar-refractivity contribution in [1.29, 1.82) is 0 Å². The topological polar surface area (TPSA) is 9.23 Å². The van der Waals surface area contributed by atoms with Gasteiger partial charge >= 0.3 is 0 Å². The third kappa shape index (κ3) is 2.49. The molecule has 1 saturated carbocycles. The van der Waals surface area contributed by atoms with Gasteiger partial charge in [0.05, 0.1) is 12.4 Å². The van der Waals surface area contributed by atoms with Gasteiger partial charge in [0.1, 0.15) is 0 Å². The molecule has 1 rings (SSSR count). The molecular weight excluding hydrogens is 160 g/mol. The molecule has 76 valence electrons. The van der Waals surface area contributed by atoms with Crippen LogP contribution in [0.5, 0.6) is 0 Å². The first-order valence-corrected chi connectivity index (χ1v) is 5.52. The van der Waals surface area contributed by atoms with Crippen molar-refractivity contribution in [3.05, 3.63) is 12.8 Å². The third-order valence-corrected chi connectivity index (χ3v) is 3.17. The minimum atomic E-state index is 0.468. The molecule has 0 bridgehead atoms. The van der Waals surface area contributed by atoms with Gasteiger partial charge in [-0.05, 0) is 31.1 Å². The number of rotatable bonds is 6. The quantitative estimate of drug-likeness (QED) is 0.566. The second kappa shape index (κ2) is 4.69. The van der Waals surface area contributed by atoms with Gasteiger partial charge < -0.3 is 4.74 Å². The lowest BCUT2D eigenvalue weighted by Crippen LogP contribution is -2.41. The minimum absolute atomic E-state index is 0.468. The van der Waals surface area contributed by atoms with Gasteiger partial charge in [-0.15, -0.1) is 0 Å². The molecule has 0 saturated heterocycles. The van der Waals surface area contributed by atoms with E-state index in [1.165, 1.54) is 38.5 Å². The molecule has 1 nitrogen and oxygen atoms in total. The molecule has 0 aromatic heterocycles. The van der Waals surface area contributed by atoms with Crippen molar-refractivity contribution in [2.75, 3.05) is 0 Å². The van der Waals surface area contributed by atoms with Crippen LogP contribution in [0.15, 0.2) is 12.8 Å². The first-order valence-electron chi connectivity index (χ1n) is 5.52. The summed E-state index contributed by atoms with van der Waals surface area (Å²) in [6.07, 6.45) is 9.92. The van der Waals surface area contributed by atoms with E-state index in [4.69, 9.17) is 4.74 Å². The van der Waals surface area contributed by atoms with E-state index in [1.54, 1.807) is 6.26 Å². The predicted octanol–water partition coefficient (Wildman–Crippen LogP) is 3.90. The van der Waals surface area contributed by atoms with E-state index in [1.807, 2.05) is 0 Å². The van der Waals surface area contributed by atoms with Gasteiger partial charge in [-0.2, -0.15) is 0 Å². The molecule has 0 amide bonds. The summed E-state index contributed by atoms with van der Waals surface area (Å²) in [5, 5.41) is 0. The average molecular weight is 182 g/mol. The van der Waals surface area contributed by atoms with Crippen LogP contribution in [0.1, 0.15) is 52.4 Å². The van der Waals surface area contributed by atoms with E-state index >= 15 is 0 Å². The highest BCUT2D eigenvalue weighted by Gasteiger charge is 2.43. The van der Waals surface area contributed by atoms with Crippen LogP contribution >= 0.6 is 0 Å². The minimum Gasteiger partial charge on any atom is -0.499 e. The van der Waals surface area contributed by atoms with Crippen LogP contribution in [-0.2, 0) is 4.74 Å². The molecule has 0 radical (unpaired) electrons. The molecule has 1 aliphatic carbocycles. The molecule has 0 spiro atoms. The van der Waals surface area contributed by atoms with Crippen LogP contribution in [0.4, 0.5) is 0 Å². The van der Waals surface area contributed by atoms with Gasteiger partial charge in [0.2, 0.25) is 0 Å². The van der Waals surface area contributed by atoms with Gasteiger partial charge in [0.25, 0.3) is 0 Å². The molecule has 0 aromatic rings. The van der Waals surface area contributed by atoms with Crippen LogP contribution in [-0.4, -0.2) is 6.10 Å². The van der Waals surface area contributed by atoms with Crippen LogP contribution in [0, 0.1) is 5.41 Å². The van der Waals surface area contributed by atoms with Gasteiger partial charge in [-0.1, -0.05) is 33.3 Å². The summed E-state index contributed by atoms with van der Waals surface area (Å²) >= 11 is 0. The van der Waals surface area contributed by atoms with Gasteiger partial charge in [0.15, 0.2) is 0 Å². The Morgan fingerprint density at radius 1 is 1.31 bits per heavy atom. The summed E-state index contributed by atoms with van der Waals surface area (Å²) in [5.74, 6) is 0. The van der Waals surface area contributed by atoms with E-state index in [9.17, 15) is 0 Å². The van der Waals surface area contributed by atoms with Crippen LogP contribution < -0.4 is 0 Å². The summed E-state index contributed by atoms with van der Waals surface area (Å²) in [5.41, 5.74) is 0.622. The lowest BCUT2D eigenvalue weighted by molar-refractivity contribution is -0.0512. The smallest absolute Gasteiger partial charge is 0.0988 e. The highest BCUT2D eigenvalue weighted by molar-refractivity contribution is 4.94. The van der Waals surface area contributed by atoms with Crippen molar-refractivity contribution in [3.63, 3.8) is 0 Å². The first kappa shape index (κ1) is 10.6. The highest BCUT2D eigenvalue weighted by Crippen LogP contribution is 2.49. The molecule has 1 fully saturated rings. The molecule has 1 heteroatoms. The summed E-state index contributed by atoms with van der Waals surface area (Å²) in [7, 11) is 0. The van der Waals surface area contributed by atoms with Gasteiger partial charge in [-0.25, -0.2) is 0 Å². The van der Waals surface area contributed by atoms with E-state index in [-0.39, 0.29) is 0 Å². The second-order valence-electron chi connectivity index (χ2n) is 4.33. The monoisotopic (exact) mass is 182 g/mol. The molecule has 0 atom stereocenters. The Hall–Kier alpha value is -0.460. The zero-order chi connectivity index (χ0) is 9.73. The molecule has 0 N–H and O–H groups in total. The highest BCUT2D eigenvalue weighted by atomic mass is 16.5. The van der Waals surface area contributed by atoms with Crippen molar-refractivity contribution in [1.82, 2.24) is 0 Å². The zero-order valence-corrected chi connectivity index (χ0v) is 9.01. The Bertz CT molecular complexity index is 149. The zero-order valence-electron chi connectivity index (χ0n) is 9.01. The molecule has 0 aromatic carbocycles. The maximum atomic E-state index is 5.39. The first-order chi connectivity index (χ1) is 6.26. The number of ether oxygens (including phenoxy) is 1. The number of hydrogen-bond donors (Lipinski definition) is 0. The number of hydrogen-bond acceptors (Lipinski definition) is 1. The lowest BCUT2D eigenvalue weighted by Gasteiger charge is -2.47. The van der Waals surface area contributed by atoms with E-state index in [2.05, 4.69) is 20.4 Å². The predicted molar refractivity (Wildman–Crippen MR) is 56.6 cm³/mol. The Morgan fingerprint density at radius 3 is 2.23 bits per heavy atom. The summed E-state index contributed by atoms with van der Waals surface area (Å²) < 4.78 is 5.39. The fourth-order valence-electron chi connectivity index (χ4n) is 2.73. The molecule has 0 aliphatic heterocycles.